The predicted octanol–water partition coefficient (Wildman–Crippen LogP) is 5.40. The maximum atomic E-state index is 14.2. The number of alkyl halides is 2. The molecular weight excluding hydrogens is 498 g/mol. The van der Waals surface area contributed by atoms with Gasteiger partial charge in [-0.3, -0.25) is 9.59 Å². The Hall–Kier alpha value is -3.82. The largest absolute Gasteiger partial charge is 0.447 e. The third kappa shape index (κ3) is 6.35. The second-order valence-electron chi connectivity index (χ2n) is 9.74. The molecule has 2 heterocycles. The number of carbonyl (C=O) groups is 4. The number of rotatable bonds is 6. The Balaban J connectivity index is 0.000000211. The van der Waals surface area contributed by atoms with Gasteiger partial charge in [0.1, 0.15) is 13.2 Å². The van der Waals surface area contributed by atoms with Crippen molar-refractivity contribution in [1.29, 1.82) is 0 Å². The Kier molecular flexibility index (Phi) is 9.55. The average molecular weight is 531 g/mol. The minimum absolute atomic E-state index is 0.0263. The first-order valence-electron chi connectivity index (χ1n) is 12.4. The molecule has 4 atom stereocenters. The van der Waals surface area contributed by atoms with Gasteiger partial charge in [0.05, 0.1) is 12.1 Å². The lowest BCUT2D eigenvalue weighted by Crippen LogP contribution is -2.43. The van der Waals surface area contributed by atoms with E-state index in [9.17, 15) is 28.0 Å². The fourth-order valence-electron chi connectivity index (χ4n) is 4.13. The molecule has 4 rings (SSSR count). The molecule has 2 aromatic rings. The number of cyclic esters (lactones) is 2. The van der Waals surface area contributed by atoms with Crippen LogP contribution in [-0.4, -0.2) is 59.1 Å². The molecule has 2 aromatic carbocycles. The fourth-order valence-corrected chi connectivity index (χ4v) is 4.13. The van der Waals surface area contributed by atoms with Gasteiger partial charge in [0.2, 0.25) is 12.3 Å². The molecule has 0 saturated carbocycles. The molecule has 0 spiro atoms. The maximum absolute atomic E-state index is 14.2. The van der Waals surface area contributed by atoms with E-state index in [1.165, 1.54) is 24.3 Å². The summed E-state index contributed by atoms with van der Waals surface area (Å²) in [6, 6.07) is 15.4. The highest BCUT2D eigenvalue weighted by Crippen LogP contribution is 2.28. The number of ether oxygens (including phenoxy) is 2. The van der Waals surface area contributed by atoms with Gasteiger partial charge in [0.25, 0.3) is 11.8 Å². The Morgan fingerprint density at radius 1 is 0.684 bits per heavy atom. The van der Waals surface area contributed by atoms with Crippen molar-refractivity contribution in [2.75, 3.05) is 13.2 Å². The molecule has 38 heavy (non-hydrogen) atoms. The molecule has 10 heteroatoms. The van der Waals surface area contributed by atoms with E-state index in [1.807, 2.05) is 27.7 Å². The Morgan fingerprint density at radius 3 is 1.29 bits per heavy atom. The van der Waals surface area contributed by atoms with E-state index in [2.05, 4.69) is 0 Å². The number of hydrogen-bond acceptors (Lipinski definition) is 6. The summed E-state index contributed by atoms with van der Waals surface area (Å²) in [6.07, 6.45) is -5.20. The van der Waals surface area contributed by atoms with Crippen molar-refractivity contribution >= 4 is 24.0 Å². The molecule has 0 radical (unpaired) electrons. The molecule has 2 aliphatic rings. The fraction of sp³-hybridized carbons (Fsp3) is 0.429. The van der Waals surface area contributed by atoms with Gasteiger partial charge in [0.15, 0.2) is 0 Å². The van der Waals surface area contributed by atoms with Crippen LogP contribution in [0, 0.1) is 11.8 Å². The van der Waals surface area contributed by atoms with Crippen LogP contribution in [-0.2, 0) is 19.1 Å². The van der Waals surface area contributed by atoms with E-state index < -0.39 is 48.4 Å². The van der Waals surface area contributed by atoms with Gasteiger partial charge in [-0.2, -0.15) is 0 Å². The van der Waals surface area contributed by atoms with Crippen molar-refractivity contribution in [3.8, 4) is 0 Å². The Morgan fingerprint density at radius 2 is 1.00 bits per heavy atom. The zero-order valence-corrected chi connectivity index (χ0v) is 21.8. The summed E-state index contributed by atoms with van der Waals surface area (Å²) in [7, 11) is 0. The lowest BCUT2D eigenvalue weighted by Gasteiger charge is -2.23. The monoisotopic (exact) mass is 530 g/mol. The van der Waals surface area contributed by atoms with Crippen LogP contribution in [0.5, 0.6) is 0 Å². The maximum Gasteiger partial charge on any atom is 0.417 e. The van der Waals surface area contributed by atoms with Gasteiger partial charge in [-0.1, -0.05) is 88.4 Å². The van der Waals surface area contributed by atoms with E-state index in [1.54, 1.807) is 36.4 Å². The lowest BCUT2D eigenvalue weighted by molar-refractivity contribution is -0.136. The number of halogens is 2. The molecule has 204 valence electrons. The van der Waals surface area contributed by atoms with Crippen LogP contribution in [0.4, 0.5) is 18.4 Å². The van der Waals surface area contributed by atoms with Crippen molar-refractivity contribution in [1.82, 2.24) is 9.80 Å². The number of nitrogens with zero attached hydrogens (tertiary/aromatic N) is 2. The van der Waals surface area contributed by atoms with Crippen molar-refractivity contribution in [3.63, 3.8) is 0 Å². The van der Waals surface area contributed by atoms with Gasteiger partial charge in [-0.15, -0.1) is 0 Å². The smallest absolute Gasteiger partial charge is 0.417 e. The highest BCUT2D eigenvalue weighted by molar-refractivity contribution is 5.97. The van der Waals surface area contributed by atoms with Crippen molar-refractivity contribution in [2.45, 2.75) is 52.1 Å². The van der Waals surface area contributed by atoms with Crippen LogP contribution in [0.15, 0.2) is 60.7 Å². The van der Waals surface area contributed by atoms with Gasteiger partial charge in [-0.05, 0) is 23.0 Å². The summed E-state index contributed by atoms with van der Waals surface area (Å²) in [5, 5.41) is 0. The summed E-state index contributed by atoms with van der Waals surface area (Å²) in [6.45, 7) is 7.71. The van der Waals surface area contributed by atoms with E-state index in [4.69, 9.17) is 9.47 Å². The molecule has 0 aliphatic carbocycles. The van der Waals surface area contributed by atoms with Crippen LogP contribution in [0.25, 0.3) is 0 Å². The number of benzene rings is 2. The van der Waals surface area contributed by atoms with Crippen molar-refractivity contribution in [2.24, 2.45) is 11.8 Å². The Bertz CT molecular complexity index is 1040. The summed E-state index contributed by atoms with van der Waals surface area (Å²) in [5.74, 6) is -1.66. The SMILES string of the molecule is CC(C)[C@H]1COC(=O)N1C(=O)[C@@H](F)c1ccccc1.CC(C)[C@H]1COC(=O)N1C(=O)[C@@H](F)c1ccccc1. The quantitative estimate of drug-likeness (QED) is 0.497. The lowest BCUT2D eigenvalue weighted by atomic mass is 10.0. The van der Waals surface area contributed by atoms with E-state index in [-0.39, 0.29) is 36.2 Å². The highest BCUT2D eigenvalue weighted by Gasteiger charge is 2.43. The van der Waals surface area contributed by atoms with Crippen LogP contribution in [0.3, 0.4) is 0 Å². The molecule has 4 amide bonds. The van der Waals surface area contributed by atoms with E-state index >= 15 is 0 Å². The minimum Gasteiger partial charge on any atom is -0.447 e. The third-order valence-corrected chi connectivity index (χ3v) is 6.44. The average Bonchev–Trinajstić information content (AvgIpc) is 3.51. The first-order chi connectivity index (χ1) is 18.0. The number of carbonyl (C=O) groups excluding carboxylic acids is 4. The van der Waals surface area contributed by atoms with Gasteiger partial charge in [0, 0.05) is 0 Å². The zero-order chi connectivity index (χ0) is 28.0. The summed E-state index contributed by atoms with van der Waals surface area (Å²) < 4.78 is 38.1. The van der Waals surface area contributed by atoms with Crippen molar-refractivity contribution in [3.05, 3.63) is 71.8 Å². The van der Waals surface area contributed by atoms with Crippen LogP contribution in [0.1, 0.15) is 51.2 Å². The van der Waals surface area contributed by atoms with E-state index in [0.717, 1.165) is 9.80 Å². The first kappa shape index (κ1) is 28.7. The summed E-state index contributed by atoms with van der Waals surface area (Å²) >= 11 is 0. The molecule has 0 unspecified atom stereocenters. The Labute approximate surface area is 220 Å². The second kappa shape index (κ2) is 12.6. The first-order valence-corrected chi connectivity index (χ1v) is 12.4. The number of amides is 4. The highest BCUT2D eigenvalue weighted by atomic mass is 19.1. The second-order valence-corrected chi connectivity index (χ2v) is 9.74. The number of imide groups is 2. The standard InChI is InChI=1S/2C14H16FNO3/c2*1-9(2)11-8-19-14(18)16(11)13(17)12(15)10-6-4-3-5-7-10/h2*3-7,9,11-12H,8H2,1-2H3/t2*11-,12+/m11/s1. The normalized spacial score (nSPS) is 20.5. The predicted molar refractivity (Wildman–Crippen MR) is 134 cm³/mol. The topological polar surface area (TPSA) is 93.2 Å². The molecular formula is C28H32F2N2O6. The molecule has 2 aliphatic heterocycles. The minimum atomic E-state index is -1.84. The summed E-state index contributed by atoms with van der Waals surface area (Å²) in [5.41, 5.74) is 0.490. The van der Waals surface area contributed by atoms with Crippen molar-refractivity contribution < 1.29 is 37.4 Å². The van der Waals surface area contributed by atoms with Crippen LogP contribution in [0.2, 0.25) is 0 Å². The molecule has 0 aromatic heterocycles. The summed E-state index contributed by atoms with van der Waals surface area (Å²) in [4.78, 5) is 49.2. The molecule has 0 N–H and O–H groups in total. The number of hydrogen-bond donors (Lipinski definition) is 0. The van der Waals surface area contributed by atoms with Crippen LogP contribution < -0.4 is 0 Å². The molecule has 8 nitrogen and oxygen atoms in total. The zero-order valence-electron chi connectivity index (χ0n) is 21.8. The molecule has 0 bridgehead atoms. The van der Waals surface area contributed by atoms with Crippen LogP contribution >= 0.6 is 0 Å². The van der Waals surface area contributed by atoms with Gasteiger partial charge >= 0.3 is 12.2 Å². The third-order valence-electron chi connectivity index (χ3n) is 6.44. The molecule has 2 fully saturated rings. The van der Waals surface area contributed by atoms with Gasteiger partial charge < -0.3 is 9.47 Å². The molecule has 2 saturated heterocycles. The van der Waals surface area contributed by atoms with Gasteiger partial charge in [-0.25, -0.2) is 28.2 Å². The van der Waals surface area contributed by atoms with E-state index in [0.29, 0.717) is 0 Å².